The molecule has 7 heteroatoms. The van der Waals surface area contributed by atoms with E-state index in [2.05, 4.69) is 10.9 Å². The Morgan fingerprint density at radius 2 is 1.96 bits per heavy atom. The van der Waals surface area contributed by atoms with E-state index in [1.807, 2.05) is 36.2 Å². The number of carbonyl (C=O) groups excluding carboxylic acids is 2. The second-order valence-corrected chi connectivity index (χ2v) is 6.36. The fourth-order valence-corrected chi connectivity index (χ4v) is 2.75. The maximum atomic E-state index is 11.9. The average Bonchev–Trinajstić information content (AvgIpc) is 2.51. The van der Waals surface area contributed by atoms with Crippen LogP contribution in [0.15, 0.2) is 24.3 Å². The summed E-state index contributed by atoms with van der Waals surface area (Å²) in [7, 11) is 1.83. The zero-order valence-corrected chi connectivity index (χ0v) is 13.8. The number of ether oxygens (including phenoxy) is 2. The molecule has 1 atom stereocenters. The van der Waals surface area contributed by atoms with Crippen LogP contribution in [0, 0.1) is 5.92 Å². The van der Waals surface area contributed by atoms with Gasteiger partial charge in [-0.25, -0.2) is 0 Å². The Kier molecular flexibility index (Phi) is 5.20. The van der Waals surface area contributed by atoms with Gasteiger partial charge in [-0.3, -0.25) is 25.3 Å². The van der Waals surface area contributed by atoms with Gasteiger partial charge < -0.3 is 9.47 Å². The number of amides is 2. The normalized spacial score (nSPS) is 19.5. The van der Waals surface area contributed by atoms with Crippen LogP contribution in [-0.4, -0.2) is 49.6 Å². The van der Waals surface area contributed by atoms with Crippen molar-refractivity contribution < 1.29 is 19.1 Å². The lowest BCUT2D eigenvalue weighted by atomic mass is 9.85. The van der Waals surface area contributed by atoms with Crippen LogP contribution in [0.3, 0.4) is 0 Å². The van der Waals surface area contributed by atoms with E-state index in [1.54, 1.807) is 0 Å². The largest absolute Gasteiger partial charge is 0.486 e. The van der Waals surface area contributed by atoms with Crippen LogP contribution in [-0.2, 0) is 9.59 Å². The Bertz CT molecular complexity index is 603. The van der Waals surface area contributed by atoms with Gasteiger partial charge in [0.25, 0.3) is 5.91 Å². The molecule has 0 aromatic heterocycles. The second kappa shape index (κ2) is 7.53. The van der Waals surface area contributed by atoms with Gasteiger partial charge in [-0.2, -0.15) is 0 Å². The van der Waals surface area contributed by atoms with Gasteiger partial charge in [0.1, 0.15) is 12.7 Å². The van der Waals surface area contributed by atoms with Crippen molar-refractivity contribution in [2.45, 2.75) is 25.4 Å². The molecule has 1 aromatic carbocycles. The van der Waals surface area contributed by atoms with Gasteiger partial charge in [-0.15, -0.1) is 0 Å². The van der Waals surface area contributed by atoms with Crippen molar-refractivity contribution in [2.75, 3.05) is 26.7 Å². The number of likely N-dealkylation sites (N-methyl/N-ethyl adjacent to an activating group) is 1. The highest BCUT2D eigenvalue weighted by Crippen LogP contribution is 2.30. The topological polar surface area (TPSA) is 79.9 Å². The molecule has 0 saturated heterocycles. The summed E-state index contributed by atoms with van der Waals surface area (Å²) in [5.74, 6) is 1.17. The predicted octanol–water partition coefficient (Wildman–Crippen LogP) is 0.706. The molecule has 0 bridgehead atoms. The summed E-state index contributed by atoms with van der Waals surface area (Å²) in [6.45, 7) is 1.17. The Labute approximate surface area is 141 Å². The highest BCUT2D eigenvalue weighted by Gasteiger charge is 2.26. The first-order chi connectivity index (χ1) is 11.6. The van der Waals surface area contributed by atoms with Crippen LogP contribution >= 0.6 is 0 Å². The summed E-state index contributed by atoms with van der Waals surface area (Å²) in [5.41, 5.74) is 4.95. The summed E-state index contributed by atoms with van der Waals surface area (Å²) < 4.78 is 11.5. The van der Waals surface area contributed by atoms with Crippen molar-refractivity contribution in [2.24, 2.45) is 5.92 Å². The minimum atomic E-state index is -0.248. The molecule has 0 radical (unpaired) electrons. The molecule has 1 aromatic rings. The van der Waals surface area contributed by atoms with Crippen molar-refractivity contribution in [3.63, 3.8) is 0 Å². The molecule has 3 rings (SSSR count). The summed E-state index contributed by atoms with van der Waals surface area (Å²) in [4.78, 5) is 25.4. The molecule has 7 nitrogen and oxygen atoms in total. The van der Waals surface area contributed by atoms with Gasteiger partial charge in [-0.05, 0) is 32.0 Å². The van der Waals surface area contributed by atoms with Crippen molar-refractivity contribution in [1.29, 1.82) is 0 Å². The van der Waals surface area contributed by atoms with Gasteiger partial charge in [0.15, 0.2) is 11.5 Å². The quantitative estimate of drug-likeness (QED) is 0.776. The number of nitrogens with zero attached hydrogens (tertiary/aromatic N) is 1. The SMILES string of the molecule is CN(CC(=O)NNC(=O)C1CCC1)CC1COc2ccccc2O1. The minimum absolute atomic E-state index is 0.0517. The molecule has 130 valence electrons. The molecular weight excluding hydrogens is 310 g/mol. The maximum Gasteiger partial charge on any atom is 0.252 e. The molecule has 1 aliphatic carbocycles. The summed E-state index contributed by atoms with van der Waals surface area (Å²) in [5, 5.41) is 0. The first kappa shape index (κ1) is 16.6. The second-order valence-electron chi connectivity index (χ2n) is 6.36. The van der Waals surface area contributed by atoms with E-state index in [9.17, 15) is 9.59 Å². The van der Waals surface area contributed by atoms with Crippen LogP contribution < -0.4 is 20.3 Å². The van der Waals surface area contributed by atoms with Crippen LogP contribution in [0.2, 0.25) is 0 Å². The fourth-order valence-electron chi connectivity index (χ4n) is 2.75. The first-order valence-corrected chi connectivity index (χ1v) is 8.27. The van der Waals surface area contributed by atoms with E-state index in [0.29, 0.717) is 13.2 Å². The lowest BCUT2D eigenvalue weighted by Gasteiger charge is -2.29. The highest BCUT2D eigenvalue weighted by molar-refractivity contribution is 5.84. The lowest BCUT2D eigenvalue weighted by molar-refractivity contribution is -0.133. The van der Waals surface area contributed by atoms with Crippen LogP contribution in [0.25, 0.3) is 0 Å². The number of rotatable bonds is 5. The van der Waals surface area contributed by atoms with E-state index >= 15 is 0 Å². The first-order valence-electron chi connectivity index (χ1n) is 8.27. The van der Waals surface area contributed by atoms with Crippen molar-refractivity contribution in [1.82, 2.24) is 15.8 Å². The Morgan fingerprint density at radius 3 is 2.67 bits per heavy atom. The van der Waals surface area contributed by atoms with Gasteiger partial charge in [0, 0.05) is 12.5 Å². The summed E-state index contributed by atoms with van der Waals surface area (Å²) >= 11 is 0. The standard InChI is InChI=1S/C17H23N3O4/c1-20(10-16(21)18-19-17(22)12-5-4-6-12)9-13-11-23-14-7-2-3-8-15(14)24-13/h2-3,7-8,12-13H,4-6,9-11H2,1H3,(H,18,21)(H,19,22). The Balaban J connectivity index is 1.38. The van der Waals surface area contributed by atoms with Crippen molar-refractivity contribution >= 4 is 11.8 Å². The highest BCUT2D eigenvalue weighted by atomic mass is 16.6. The molecule has 2 aliphatic rings. The smallest absolute Gasteiger partial charge is 0.252 e. The van der Waals surface area contributed by atoms with E-state index in [0.717, 1.165) is 30.8 Å². The van der Waals surface area contributed by atoms with Gasteiger partial charge >= 0.3 is 0 Å². The predicted molar refractivity (Wildman–Crippen MR) is 87.5 cm³/mol. The van der Waals surface area contributed by atoms with Gasteiger partial charge in [0.05, 0.1) is 6.54 Å². The number of para-hydroxylation sites is 2. The van der Waals surface area contributed by atoms with Crippen LogP contribution in [0.5, 0.6) is 11.5 Å². The molecule has 2 amide bonds. The third-order valence-corrected chi connectivity index (χ3v) is 4.30. The van der Waals surface area contributed by atoms with Crippen molar-refractivity contribution in [3.8, 4) is 11.5 Å². The van der Waals surface area contributed by atoms with E-state index in [4.69, 9.17) is 9.47 Å². The molecule has 1 saturated carbocycles. The number of nitrogens with one attached hydrogen (secondary N) is 2. The van der Waals surface area contributed by atoms with E-state index in [1.165, 1.54) is 0 Å². The van der Waals surface area contributed by atoms with Gasteiger partial charge in [-0.1, -0.05) is 18.6 Å². The molecule has 1 heterocycles. The average molecular weight is 333 g/mol. The number of benzene rings is 1. The number of fused-ring (bicyclic) bond motifs is 1. The molecule has 1 fully saturated rings. The van der Waals surface area contributed by atoms with Crippen LogP contribution in [0.1, 0.15) is 19.3 Å². The molecule has 24 heavy (non-hydrogen) atoms. The fraction of sp³-hybridized carbons (Fsp3) is 0.529. The summed E-state index contributed by atoms with van der Waals surface area (Å²) in [6.07, 6.45) is 2.76. The van der Waals surface area contributed by atoms with E-state index in [-0.39, 0.29) is 30.4 Å². The monoisotopic (exact) mass is 333 g/mol. The Hall–Kier alpha value is -2.28. The Morgan fingerprint density at radius 1 is 1.21 bits per heavy atom. The molecular formula is C17H23N3O4. The molecule has 1 unspecified atom stereocenters. The van der Waals surface area contributed by atoms with Crippen molar-refractivity contribution in [3.05, 3.63) is 24.3 Å². The lowest BCUT2D eigenvalue weighted by Crippen LogP contribution is -2.50. The third kappa shape index (κ3) is 4.17. The van der Waals surface area contributed by atoms with Crippen LogP contribution in [0.4, 0.5) is 0 Å². The zero-order chi connectivity index (χ0) is 16.9. The molecule has 0 spiro atoms. The number of carbonyl (C=O) groups is 2. The summed E-state index contributed by atoms with van der Waals surface area (Å²) in [6, 6.07) is 7.53. The molecule has 2 N–H and O–H groups in total. The third-order valence-electron chi connectivity index (χ3n) is 4.30. The number of hydrogen-bond acceptors (Lipinski definition) is 5. The number of hydrogen-bond donors (Lipinski definition) is 2. The number of hydrazine groups is 1. The maximum absolute atomic E-state index is 11.9. The van der Waals surface area contributed by atoms with E-state index < -0.39 is 0 Å². The molecule has 1 aliphatic heterocycles. The van der Waals surface area contributed by atoms with Gasteiger partial charge in [0.2, 0.25) is 5.91 Å². The minimum Gasteiger partial charge on any atom is -0.486 e. The zero-order valence-electron chi connectivity index (χ0n) is 13.8.